The summed E-state index contributed by atoms with van der Waals surface area (Å²) in [6.45, 7) is 1.08. The highest BCUT2D eigenvalue weighted by Crippen LogP contribution is 2.24. The van der Waals surface area contributed by atoms with Gasteiger partial charge in [-0.05, 0) is 24.3 Å². The largest absolute Gasteiger partial charge is 0.491 e. The van der Waals surface area contributed by atoms with Crippen molar-refractivity contribution in [2.45, 2.75) is 12.6 Å². The number of halogens is 1. The molecule has 30 heavy (non-hydrogen) atoms. The van der Waals surface area contributed by atoms with E-state index in [2.05, 4.69) is 20.4 Å². The van der Waals surface area contributed by atoms with Gasteiger partial charge in [0.25, 0.3) is 0 Å². The number of rotatable bonds is 0. The van der Waals surface area contributed by atoms with E-state index in [1.165, 1.54) is 12.1 Å². The van der Waals surface area contributed by atoms with Gasteiger partial charge < -0.3 is 19.7 Å². The lowest BCUT2D eigenvalue weighted by atomic mass is 10.2. The van der Waals surface area contributed by atoms with E-state index in [4.69, 9.17) is 9.47 Å². The molecule has 0 fully saturated rings. The zero-order valence-electron chi connectivity index (χ0n) is 16.2. The van der Waals surface area contributed by atoms with Crippen LogP contribution in [0, 0.1) is 5.82 Å². The number of amides is 1. The fraction of sp³-hybridized carbons (Fsp3) is 0.300. The maximum atomic E-state index is 13.9. The molecule has 4 bridgehead atoms. The Kier molecular flexibility index (Phi) is 4.46. The summed E-state index contributed by atoms with van der Waals surface area (Å²) in [6.07, 6.45) is 3.40. The molecule has 2 aromatic heterocycles. The van der Waals surface area contributed by atoms with E-state index in [0.29, 0.717) is 47.3 Å². The van der Waals surface area contributed by atoms with Gasteiger partial charge in [-0.3, -0.25) is 4.79 Å². The highest BCUT2D eigenvalue weighted by atomic mass is 19.1. The summed E-state index contributed by atoms with van der Waals surface area (Å²) in [5, 5.41) is 7.09. The molecule has 10 heteroatoms. The molecular formula is C20H19FN6O3. The van der Waals surface area contributed by atoms with E-state index in [9.17, 15) is 9.18 Å². The first-order valence-electron chi connectivity index (χ1n) is 9.54. The lowest BCUT2D eigenvalue weighted by Gasteiger charge is -2.20. The lowest BCUT2D eigenvalue weighted by molar-refractivity contribution is -0.122. The predicted octanol–water partition coefficient (Wildman–Crippen LogP) is 1.16. The van der Waals surface area contributed by atoms with Gasteiger partial charge in [0.15, 0.2) is 11.7 Å². The SMILES string of the molecule is CN1Cc2cc(F)ccc2OCCNC(=O)C2COC(=N2)c2cnn3ccc1nc23. The van der Waals surface area contributed by atoms with Crippen LogP contribution in [0.1, 0.15) is 11.1 Å². The molecule has 2 aliphatic rings. The van der Waals surface area contributed by atoms with Crippen LogP contribution in [-0.2, 0) is 16.1 Å². The molecule has 1 aromatic carbocycles. The van der Waals surface area contributed by atoms with Crippen molar-refractivity contribution in [2.24, 2.45) is 4.99 Å². The number of aromatic nitrogens is 3. The Labute approximate surface area is 171 Å². The first kappa shape index (κ1) is 18.3. The van der Waals surface area contributed by atoms with Crippen molar-refractivity contribution in [3.8, 4) is 5.75 Å². The number of hydrogen-bond donors (Lipinski definition) is 1. The lowest BCUT2D eigenvalue weighted by Crippen LogP contribution is -2.36. The van der Waals surface area contributed by atoms with Crippen LogP contribution in [0.15, 0.2) is 41.7 Å². The third kappa shape index (κ3) is 3.30. The maximum absolute atomic E-state index is 13.9. The number of nitrogens with one attached hydrogen (secondary N) is 1. The van der Waals surface area contributed by atoms with Crippen LogP contribution in [0.3, 0.4) is 0 Å². The van der Waals surface area contributed by atoms with Crippen LogP contribution in [0.2, 0.25) is 0 Å². The smallest absolute Gasteiger partial charge is 0.248 e. The number of carbonyl (C=O) groups excluding carboxylic acids is 1. The molecule has 0 saturated heterocycles. The Hall–Kier alpha value is -3.69. The molecule has 9 nitrogen and oxygen atoms in total. The second kappa shape index (κ2) is 7.29. The third-order valence-corrected chi connectivity index (χ3v) is 5.02. The fourth-order valence-electron chi connectivity index (χ4n) is 3.48. The summed E-state index contributed by atoms with van der Waals surface area (Å²) in [7, 11) is 1.87. The Balaban J connectivity index is 1.58. The molecule has 1 amide bonds. The molecule has 3 aromatic rings. The Morgan fingerprint density at radius 1 is 1.27 bits per heavy atom. The number of nitrogens with zero attached hydrogens (tertiary/aromatic N) is 5. The van der Waals surface area contributed by atoms with E-state index in [0.717, 1.165) is 0 Å². The zero-order valence-corrected chi connectivity index (χ0v) is 16.2. The zero-order chi connectivity index (χ0) is 20.7. The van der Waals surface area contributed by atoms with Crippen molar-refractivity contribution in [3.63, 3.8) is 0 Å². The predicted molar refractivity (Wildman–Crippen MR) is 106 cm³/mol. The Bertz CT molecular complexity index is 1160. The van der Waals surface area contributed by atoms with Crippen LogP contribution in [-0.4, -0.2) is 59.3 Å². The first-order chi connectivity index (χ1) is 14.6. The van der Waals surface area contributed by atoms with Gasteiger partial charge >= 0.3 is 0 Å². The molecule has 0 saturated carbocycles. The highest BCUT2D eigenvalue weighted by Gasteiger charge is 2.28. The van der Waals surface area contributed by atoms with E-state index in [1.54, 1.807) is 23.0 Å². The van der Waals surface area contributed by atoms with Gasteiger partial charge in [-0.25, -0.2) is 18.9 Å². The van der Waals surface area contributed by atoms with Crippen LogP contribution in [0.4, 0.5) is 10.2 Å². The summed E-state index contributed by atoms with van der Waals surface area (Å²) in [6, 6.07) is 5.57. The molecule has 5 rings (SSSR count). The quantitative estimate of drug-likeness (QED) is 0.598. The summed E-state index contributed by atoms with van der Waals surface area (Å²) in [5.74, 6) is 0.972. The second-order valence-corrected chi connectivity index (χ2v) is 7.12. The summed E-state index contributed by atoms with van der Waals surface area (Å²) in [4.78, 5) is 23.4. The summed E-state index contributed by atoms with van der Waals surface area (Å²) in [5.41, 5.74) is 1.85. The average molecular weight is 410 g/mol. The average Bonchev–Trinajstić information content (AvgIpc) is 3.38. The van der Waals surface area contributed by atoms with Gasteiger partial charge in [0.1, 0.15) is 36.2 Å². The minimum Gasteiger partial charge on any atom is -0.491 e. The molecule has 154 valence electrons. The first-order valence-corrected chi connectivity index (χ1v) is 9.54. The minimum absolute atomic E-state index is 0.154. The van der Waals surface area contributed by atoms with E-state index in [1.807, 2.05) is 18.0 Å². The standard InChI is InChI=1S/C20H19FN6O3/c1-26-10-12-8-13(21)2-3-16(12)29-7-5-22-19(28)15-11-30-20(24-15)14-9-23-27-6-4-17(26)25-18(14)27/h2-4,6,8-9,15H,5,7,10-11H2,1H3,(H,22,28). The molecule has 0 radical (unpaired) electrons. The monoisotopic (exact) mass is 410 g/mol. The molecule has 0 aliphatic carbocycles. The number of aliphatic imine (C=N–C) groups is 1. The third-order valence-electron chi connectivity index (χ3n) is 5.02. The highest BCUT2D eigenvalue weighted by molar-refractivity contribution is 6.02. The van der Waals surface area contributed by atoms with Crippen LogP contribution in [0.25, 0.3) is 5.65 Å². The van der Waals surface area contributed by atoms with Crippen molar-refractivity contribution >= 4 is 23.3 Å². The molecule has 1 N–H and O–H groups in total. The van der Waals surface area contributed by atoms with E-state index >= 15 is 0 Å². The number of hydrogen-bond acceptors (Lipinski definition) is 7. The number of fused-ring (bicyclic) bond motifs is 4. The van der Waals surface area contributed by atoms with Crippen LogP contribution >= 0.6 is 0 Å². The van der Waals surface area contributed by atoms with Crippen molar-refractivity contribution in [2.75, 3.05) is 31.7 Å². The van der Waals surface area contributed by atoms with Crippen molar-refractivity contribution in [1.29, 1.82) is 0 Å². The molecule has 1 unspecified atom stereocenters. The van der Waals surface area contributed by atoms with Gasteiger partial charge in [0, 0.05) is 25.4 Å². The topological polar surface area (TPSA) is 93.3 Å². The Morgan fingerprint density at radius 3 is 3.07 bits per heavy atom. The summed E-state index contributed by atoms with van der Waals surface area (Å²) < 4.78 is 26.9. The Morgan fingerprint density at radius 2 is 2.17 bits per heavy atom. The number of ether oxygens (including phenoxy) is 2. The van der Waals surface area contributed by atoms with Crippen molar-refractivity contribution < 1.29 is 18.7 Å². The van der Waals surface area contributed by atoms with Crippen LogP contribution < -0.4 is 15.0 Å². The number of benzene rings is 1. The fourth-order valence-corrected chi connectivity index (χ4v) is 3.48. The van der Waals surface area contributed by atoms with Gasteiger partial charge in [-0.15, -0.1) is 0 Å². The van der Waals surface area contributed by atoms with Gasteiger partial charge in [0.05, 0.1) is 12.7 Å². The molecule has 4 heterocycles. The normalized spacial score (nSPS) is 19.1. The second-order valence-electron chi connectivity index (χ2n) is 7.12. The van der Waals surface area contributed by atoms with Gasteiger partial charge in [-0.1, -0.05) is 0 Å². The maximum Gasteiger partial charge on any atom is 0.248 e. The van der Waals surface area contributed by atoms with Gasteiger partial charge in [0.2, 0.25) is 11.8 Å². The summed E-state index contributed by atoms with van der Waals surface area (Å²) >= 11 is 0. The molecule has 0 spiro atoms. The molecular weight excluding hydrogens is 391 g/mol. The molecule has 2 aliphatic heterocycles. The molecule has 1 atom stereocenters. The van der Waals surface area contributed by atoms with Gasteiger partial charge in [-0.2, -0.15) is 5.10 Å². The number of anilines is 1. The van der Waals surface area contributed by atoms with E-state index < -0.39 is 6.04 Å². The number of carbonyl (C=O) groups is 1. The van der Waals surface area contributed by atoms with E-state index in [-0.39, 0.29) is 24.9 Å². The minimum atomic E-state index is -0.643. The van der Waals surface area contributed by atoms with Crippen molar-refractivity contribution in [1.82, 2.24) is 19.9 Å². The van der Waals surface area contributed by atoms with Crippen LogP contribution in [0.5, 0.6) is 5.75 Å². The van der Waals surface area contributed by atoms with Crippen molar-refractivity contribution in [3.05, 3.63) is 53.6 Å².